The number of aromatic nitrogens is 2. The van der Waals surface area contributed by atoms with E-state index in [2.05, 4.69) is 15.3 Å². The van der Waals surface area contributed by atoms with Crippen molar-refractivity contribution in [1.29, 1.82) is 0 Å². The highest BCUT2D eigenvalue weighted by Crippen LogP contribution is 2.32. The van der Waals surface area contributed by atoms with Gasteiger partial charge in [-0.25, -0.2) is 4.98 Å². The minimum Gasteiger partial charge on any atom is -0.446 e. The number of thioether (sulfide) groups is 1. The number of esters is 1. The number of imidazole rings is 1. The van der Waals surface area contributed by atoms with Gasteiger partial charge in [0.15, 0.2) is 5.16 Å². The van der Waals surface area contributed by atoms with Crippen LogP contribution in [0.4, 0.5) is 11.4 Å². The molecule has 0 aliphatic carbocycles. The summed E-state index contributed by atoms with van der Waals surface area (Å²) in [5.74, 6) is -1.79. The van der Waals surface area contributed by atoms with E-state index in [0.29, 0.717) is 17.1 Å². The Kier molecular flexibility index (Phi) is 8.14. The third-order valence-corrected chi connectivity index (χ3v) is 5.56. The number of rotatable bonds is 11. The number of nitrogens with zero attached hydrogens (tertiary/aromatic N) is 3. The number of unbranched alkanes of at least 4 members (excludes halogenated alkanes) is 1. The standard InChI is InChI=1S/C21H21N5O7S/c1-2-3-10-22-20(28)19(14-9-8-13(25(29)30)11-17(14)26(31)32)33-18(27)12-34-21-23-15-6-4-5-7-16(15)24-21/h4-9,11,19H,2-3,10,12H2,1H3,(H,22,28)(H,23,24). The first-order valence-corrected chi connectivity index (χ1v) is 11.3. The van der Waals surface area contributed by atoms with Crippen molar-refractivity contribution in [2.24, 2.45) is 0 Å². The molecular formula is C21H21N5O7S. The highest BCUT2D eigenvalue weighted by molar-refractivity contribution is 7.99. The maximum atomic E-state index is 12.8. The van der Waals surface area contributed by atoms with Gasteiger partial charge in [0, 0.05) is 12.6 Å². The van der Waals surface area contributed by atoms with Crippen molar-refractivity contribution in [2.75, 3.05) is 12.3 Å². The van der Waals surface area contributed by atoms with Gasteiger partial charge in [0.05, 0.1) is 38.3 Å². The number of fused-ring (bicyclic) bond motifs is 1. The van der Waals surface area contributed by atoms with Gasteiger partial charge in [0.2, 0.25) is 6.10 Å². The van der Waals surface area contributed by atoms with Gasteiger partial charge in [0.1, 0.15) is 0 Å². The molecule has 1 unspecified atom stereocenters. The lowest BCUT2D eigenvalue weighted by Gasteiger charge is -2.18. The first-order chi connectivity index (χ1) is 16.3. The monoisotopic (exact) mass is 487 g/mol. The second-order valence-electron chi connectivity index (χ2n) is 7.12. The van der Waals surface area contributed by atoms with Crippen LogP contribution in [0.15, 0.2) is 47.6 Å². The van der Waals surface area contributed by atoms with E-state index in [1.807, 2.05) is 25.1 Å². The van der Waals surface area contributed by atoms with Crippen LogP contribution in [0.5, 0.6) is 0 Å². The highest BCUT2D eigenvalue weighted by atomic mass is 32.2. The number of nitrogens with one attached hydrogen (secondary N) is 2. The van der Waals surface area contributed by atoms with E-state index in [-0.39, 0.29) is 17.9 Å². The zero-order valence-electron chi connectivity index (χ0n) is 18.1. The van der Waals surface area contributed by atoms with Gasteiger partial charge in [-0.1, -0.05) is 37.2 Å². The van der Waals surface area contributed by atoms with Gasteiger partial charge >= 0.3 is 5.97 Å². The number of aromatic amines is 1. The van der Waals surface area contributed by atoms with E-state index < -0.39 is 39.2 Å². The molecule has 1 aromatic heterocycles. The zero-order chi connectivity index (χ0) is 24.7. The average Bonchev–Trinajstić information content (AvgIpc) is 3.24. The van der Waals surface area contributed by atoms with Crippen LogP contribution in [0.3, 0.4) is 0 Å². The maximum absolute atomic E-state index is 12.8. The van der Waals surface area contributed by atoms with Gasteiger partial charge in [0.25, 0.3) is 17.3 Å². The highest BCUT2D eigenvalue weighted by Gasteiger charge is 2.33. The largest absolute Gasteiger partial charge is 0.446 e. The molecule has 34 heavy (non-hydrogen) atoms. The molecule has 3 aromatic rings. The number of nitro groups is 2. The predicted molar refractivity (Wildman–Crippen MR) is 123 cm³/mol. The van der Waals surface area contributed by atoms with Gasteiger partial charge in [-0.2, -0.15) is 0 Å². The van der Waals surface area contributed by atoms with Crippen LogP contribution in [0, 0.1) is 20.2 Å². The van der Waals surface area contributed by atoms with Gasteiger partial charge in [-0.15, -0.1) is 0 Å². The Hall–Kier alpha value is -4.00. The molecule has 3 rings (SSSR count). The number of amides is 1. The lowest BCUT2D eigenvalue weighted by Crippen LogP contribution is -2.33. The van der Waals surface area contributed by atoms with Crippen LogP contribution >= 0.6 is 11.8 Å². The minimum atomic E-state index is -1.65. The Bertz CT molecular complexity index is 1200. The molecule has 13 heteroatoms. The fourth-order valence-electron chi connectivity index (χ4n) is 3.06. The zero-order valence-corrected chi connectivity index (χ0v) is 18.9. The van der Waals surface area contributed by atoms with Crippen molar-refractivity contribution in [3.05, 3.63) is 68.3 Å². The first-order valence-electron chi connectivity index (χ1n) is 10.3. The number of carbonyl (C=O) groups excluding carboxylic acids is 2. The molecule has 1 heterocycles. The number of benzene rings is 2. The summed E-state index contributed by atoms with van der Waals surface area (Å²) in [4.78, 5) is 53.7. The van der Waals surface area contributed by atoms with Crippen molar-refractivity contribution in [2.45, 2.75) is 31.0 Å². The summed E-state index contributed by atoms with van der Waals surface area (Å²) in [6.45, 7) is 2.19. The van der Waals surface area contributed by atoms with E-state index >= 15 is 0 Å². The fourth-order valence-corrected chi connectivity index (χ4v) is 3.72. The van der Waals surface area contributed by atoms with Gasteiger partial charge in [-0.3, -0.25) is 29.8 Å². The summed E-state index contributed by atoms with van der Waals surface area (Å²) in [7, 11) is 0. The number of hydrogen-bond acceptors (Lipinski definition) is 9. The number of ether oxygens (including phenoxy) is 1. The molecule has 0 saturated carbocycles. The normalized spacial score (nSPS) is 11.7. The number of H-pyrrole nitrogens is 1. The molecule has 0 radical (unpaired) electrons. The molecule has 0 aliphatic heterocycles. The predicted octanol–water partition coefficient (Wildman–Crippen LogP) is 3.67. The topological polar surface area (TPSA) is 170 Å². The summed E-state index contributed by atoms with van der Waals surface area (Å²) in [6, 6.07) is 10.1. The van der Waals surface area contributed by atoms with Crippen LogP contribution in [0.2, 0.25) is 0 Å². The second-order valence-corrected chi connectivity index (χ2v) is 8.08. The molecule has 2 aromatic carbocycles. The van der Waals surface area contributed by atoms with Gasteiger partial charge < -0.3 is 15.0 Å². The molecule has 0 bridgehead atoms. The molecule has 178 valence electrons. The minimum absolute atomic E-state index is 0.223. The van der Waals surface area contributed by atoms with Crippen LogP contribution in [0.1, 0.15) is 31.4 Å². The Balaban J connectivity index is 1.81. The van der Waals surface area contributed by atoms with Gasteiger partial charge in [-0.05, 0) is 24.6 Å². The number of para-hydroxylation sites is 2. The van der Waals surface area contributed by atoms with Crippen molar-refractivity contribution >= 4 is 46.0 Å². The number of hydrogen-bond donors (Lipinski definition) is 2. The molecule has 0 aliphatic rings. The van der Waals surface area contributed by atoms with Crippen molar-refractivity contribution < 1.29 is 24.2 Å². The van der Waals surface area contributed by atoms with E-state index in [4.69, 9.17) is 4.74 Å². The SMILES string of the molecule is CCCCNC(=O)C(OC(=O)CSc1nc2ccccc2[nH]1)c1ccc([N+](=O)[O-])cc1[N+](=O)[O-]. The third-order valence-electron chi connectivity index (χ3n) is 4.72. The van der Waals surface area contributed by atoms with E-state index in [9.17, 15) is 29.8 Å². The van der Waals surface area contributed by atoms with Crippen LogP contribution < -0.4 is 5.32 Å². The van der Waals surface area contributed by atoms with Crippen molar-refractivity contribution in [1.82, 2.24) is 15.3 Å². The Morgan fingerprint density at radius 3 is 2.62 bits per heavy atom. The quantitative estimate of drug-likeness (QED) is 0.135. The second kappa shape index (κ2) is 11.2. The summed E-state index contributed by atoms with van der Waals surface area (Å²) in [5.41, 5.74) is 0.0303. The molecule has 1 amide bonds. The van der Waals surface area contributed by atoms with E-state index in [0.717, 1.165) is 41.9 Å². The fraction of sp³-hybridized carbons (Fsp3) is 0.286. The number of carbonyl (C=O) groups is 2. The number of non-ortho nitro benzene ring substituents is 1. The Morgan fingerprint density at radius 1 is 1.18 bits per heavy atom. The summed E-state index contributed by atoms with van der Waals surface area (Å²) < 4.78 is 5.33. The molecular weight excluding hydrogens is 466 g/mol. The maximum Gasteiger partial charge on any atom is 0.317 e. The lowest BCUT2D eigenvalue weighted by molar-refractivity contribution is -0.394. The number of nitro benzene ring substituents is 2. The van der Waals surface area contributed by atoms with E-state index in [1.54, 1.807) is 6.07 Å². The third kappa shape index (κ3) is 6.07. The molecule has 0 saturated heterocycles. The summed E-state index contributed by atoms with van der Waals surface area (Å²) in [5, 5.41) is 25.6. The molecule has 1 atom stereocenters. The van der Waals surface area contributed by atoms with Crippen molar-refractivity contribution in [3.8, 4) is 0 Å². The van der Waals surface area contributed by atoms with E-state index in [1.165, 1.54) is 0 Å². The summed E-state index contributed by atoms with van der Waals surface area (Å²) >= 11 is 1.05. The van der Waals surface area contributed by atoms with Crippen LogP contribution in [-0.2, 0) is 14.3 Å². The molecule has 12 nitrogen and oxygen atoms in total. The van der Waals surface area contributed by atoms with Crippen LogP contribution in [-0.4, -0.2) is 44.0 Å². The molecule has 0 fully saturated rings. The Labute approximate surface area is 197 Å². The smallest absolute Gasteiger partial charge is 0.317 e. The van der Waals surface area contributed by atoms with Crippen molar-refractivity contribution in [3.63, 3.8) is 0 Å². The summed E-state index contributed by atoms with van der Waals surface area (Å²) in [6.07, 6.45) is -0.213. The first kappa shape index (κ1) is 24.6. The average molecular weight is 487 g/mol. The molecule has 2 N–H and O–H groups in total. The lowest BCUT2D eigenvalue weighted by atomic mass is 10.1. The Morgan fingerprint density at radius 2 is 1.94 bits per heavy atom. The molecule has 0 spiro atoms. The van der Waals surface area contributed by atoms with Crippen LogP contribution in [0.25, 0.3) is 11.0 Å².